The van der Waals surface area contributed by atoms with Crippen molar-refractivity contribution in [2.24, 2.45) is 5.84 Å². The van der Waals surface area contributed by atoms with Gasteiger partial charge in [0, 0.05) is 12.6 Å². The summed E-state index contributed by atoms with van der Waals surface area (Å²) < 4.78 is 0. The van der Waals surface area contributed by atoms with E-state index in [1.807, 2.05) is 7.05 Å². The summed E-state index contributed by atoms with van der Waals surface area (Å²) in [6.45, 7) is 1.88. The first-order valence-electron chi connectivity index (χ1n) is 5.47. The van der Waals surface area contributed by atoms with Gasteiger partial charge in [-0.25, -0.2) is 15.8 Å². The molecular weight excluding hydrogens is 220 g/mol. The Morgan fingerprint density at radius 3 is 2.88 bits per heavy atom. The maximum absolute atomic E-state index is 11.8. The van der Waals surface area contributed by atoms with Crippen molar-refractivity contribution in [1.82, 2.24) is 20.2 Å². The van der Waals surface area contributed by atoms with Crippen LogP contribution in [0.15, 0.2) is 12.4 Å². The molecule has 1 saturated heterocycles. The molecule has 1 aliphatic heterocycles. The van der Waals surface area contributed by atoms with Crippen molar-refractivity contribution in [2.45, 2.75) is 12.5 Å². The number of nitrogens with zero attached hydrogens (tertiary/aromatic N) is 3. The zero-order chi connectivity index (χ0) is 12.3. The molecule has 1 aromatic heterocycles. The molecule has 0 aromatic carbocycles. The lowest BCUT2D eigenvalue weighted by Gasteiger charge is -2.12. The summed E-state index contributed by atoms with van der Waals surface area (Å²) in [5, 5.41) is 2.93. The average molecular weight is 236 g/mol. The van der Waals surface area contributed by atoms with Crippen molar-refractivity contribution in [1.29, 1.82) is 0 Å². The van der Waals surface area contributed by atoms with Crippen LogP contribution in [0.5, 0.6) is 0 Å². The van der Waals surface area contributed by atoms with Crippen molar-refractivity contribution in [3.05, 3.63) is 18.1 Å². The summed E-state index contributed by atoms with van der Waals surface area (Å²) in [6.07, 6.45) is 3.80. The first kappa shape index (κ1) is 11.7. The number of anilines is 1. The fourth-order valence-electron chi connectivity index (χ4n) is 1.83. The van der Waals surface area contributed by atoms with Gasteiger partial charge in [-0.1, -0.05) is 0 Å². The Hall–Kier alpha value is -1.73. The van der Waals surface area contributed by atoms with Crippen LogP contribution in [0.2, 0.25) is 0 Å². The van der Waals surface area contributed by atoms with Gasteiger partial charge in [0.2, 0.25) is 0 Å². The van der Waals surface area contributed by atoms with Gasteiger partial charge in [-0.15, -0.1) is 0 Å². The van der Waals surface area contributed by atoms with Gasteiger partial charge >= 0.3 is 0 Å². The second-order valence-corrected chi connectivity index (χ2v) is 4.15. The minimum Gasteiger partial charge on any atom is -0.347 e. The van der Waals surface area contributed by atoms with Crippen molar-refractivity contribution in [3.8, 4) is 0 Å². The van der Waals surface area contributed by atoms with E-state index in [1.54, 1.807) is 0 Å². The predicted octanol–water partition coefficient (Wildman–Crippen LogP) is -0.804. The average Bonchev–Trinajstić information content (AvgIpc) is 2.75. The molecular formula is C10H16N6O. The van der Waals surface area contributed by atoms with Gasteiger partial charge in [-0.2, -0.15) is 0 Å². The molecule has 7 nitrogen and oxygen atoms in total. The van der Waals surface area contributed by atoms with Crippen molar-refractivity contribution in [2.75, 3.05) is 25.6 Å². The molecule has 92 valence electrons. The van der Waals surface area contributed by atoms with E-state index in [-0.39, 0.29) is 11.9 Å². The number of likely N-dealkylation sites (N-methyl/N-ethyl adjacent to an activating group) is 1. The molecule has 1 unspecified atom stereocenters. The highest BCUT2D eigenvalue weighted by atomic mass is 16.2. The van der Waals surface area contributed by atoms with Crippen LogP contribution in [0.25, 0.3) is 0 Å². The molecule has 0 saturated carbocycles. The molecule has 0 aliphatic carbocycles. The number of carbonyl (C=O) groups excluding carboxylic acids is 1. The lowest BCUT2D eigenvalue weighted by Crippen LogP contribution is -2.37. The van der Waals surface area contributed by atoms with Crippen molar-refractivity contribution in [3.63, 3.8) is 0 Å². The highest BCUT2D eigenvalue weighted by Crippen LogP contribution is 2.07. The van der Waals surface area contributed by atoms with Crippen LogP contribution < -0.4 is 16.6 Å². The number of amides is 1. The van der Waals surface area contributed by atoms with Gasteiger partial charge in [-0.05, 0) is 20.0 Å². The quantitative estimate of drug-likeness (QED) is 0.469. The number of hydrogen-bond donors (Lipinski definition) is 3. The highest BCUT2D eigenvalue weighted by Gasteiger charge is 2.21. The van der Waals surface area contributed by atoms with Gasteiger partial charge in [-0.3, -0.25) is 4.79 Å². The fraction of sp³-hybridized carbons (Fsp3) is 0.500. The summed E-state index contributed by atoms with van der Waals surface area (Å²) >= 11 is 0. The third-order valence-corrected chi connectivity index (χ3v) is 2.76. The Morgan fingerprint density at radius 1 is 1.53 bits per heavy atom. The van der Waals surface area contributed by atoms with E-state index in [0.717, 1.165) is 19.5 Å². The smallest absolute Gasteiger partial charge is 0.271 e. The Labute approximate surface area is 99.4 Å². The number of nitrogens with two attached hydrogens (primary N) is 1. The Morgan fingerprint density at radius 2 is 2.35 bits per heavy atom. The first-order valence-corrected chi connectivity index (χ1v) is 5.47. The number of nitrogen functional groups attached to an aromatic ring is 1. The van der Waals surface area contributed by atoms with Crippen LogP contribution >= 0.6 is 0 Å². The van der Waals surface area contributed by atoms with E-state index < -0.39 is 0 Å². The van der Waals surface area contributed by atoms with Crippen LogP contribution in [-0.2, 0) is 0 Å². The minimum atomic E-state index is -0.193. The molecule has 2 rings (SSSR count). The standard InChI is InChI=1S/C10H16N6O/c1-16-3-2-7(6-16)14-10(17)8-4-13-9(15-11)5-12-8/h4-5,7H,2-3,6,11H2,1H3,(H,13,15)(H,14,17). The topological polar surface area (TPSA) is 96.2 Å². The monoisotopic (exact) mass is 236 g/mol. The third-order valence-electron chi connectivity index (χ3n) is 2.76. The lowest BCUT2D eigenvalue weighted by atomic mass is 10.2. The zero-order valence-electron chi connectivity index (χ0n) is 9.68. The van der Waals surface area contributed by atoms with Crippen LogP contribution in [0.3, 0.4) is 0 Å². The lowest BCUT2D eigenvalue weighted by molar-refractivity contribution is 0.0933. The van der Waals surface area contributed by atoms with E-state index in [0.29, 0.717) is 11.5 Å². The Bertz CT molecular complexity index is 392. The van der Waals surface area contributed by atoms with Crippen LogP contribution in [0, 0.1) is 0 Å². The molecule has 0 radical (unpaired) electrons. The third kappa shape index (κ3) is 2.89. The Balaban J connectivity index is 1.94. The van der Waals surface area contributed by atoms with Crippen LogP contribution in [0.1, 0.15) is 16.9 Å². The van der Waals surface area contributed by atoms with E-state index in [9.17, 15) is 4.79 Å². The Kier molecular flexibility index (Phi) is 3.50. The second kappa shape index (κ2) is 5.07. The van der Waals surface area contributed by atoms with Gasteiger partial charge in [0.25, 0.3) is 5.91 Å². The molecule has 7 heteroatoms. The van der Waals surface area contributed by atoms with Gasteiger partial charge in [0.15, 0.2) is 5.82 Å². The second-order valence-electron chi connectivity index (χ2n) is 4.15. The maximum Gasteiger partial charge on any atom is 0.271 e. The molecule has 1 atom stereocenters. The molecule has 1 aliphatic rings. The molecule has 0 spiro atoms. The molecule has 1 amide bonds. The number of hydrazine groups is 1. The molecule has 2 heterocycles. The van der Waals surface area contributed by atoms with Crippen molar-refractivity contribution >= 4 is 11.7 Å². The number of rotatable bonds is 3. The van der Waals surface area contributed by atoms with Crippen molar-refractivity contribution < 1.29 is 4.79 Å². The molecule has 0 bridgehead atoms. The SMILES string of the molecule is CN1CCC(NC(=O)c2cnc(NN)cn2)C1. The first-order chi connectivity index (χ1) is 8.19. The zero-order valence-corrected chi connectivity index (χ0v) is 9.68. The van der Waals surface area contributed by atoms with Crippen LogP contribution in [0.4, 0.5) is 5.82 Å². The number of likely N-dealkylation sites (tertiary alicyclic amines) is 1. The van der Waals surface area contributed by atoms with Gasteiger partial charge < -0.3 is 15.6 Å². The summed E-state index contributed by atoms with van der Waals surface area (Å²) in [7, 11) is 2.04. The highest BCUT2D eigenvalue weighted by molar-refractivity contribution is 5.92. The normalized spacial score (nSPS) is 20.2. The minimum absolute atomic E-state index is 0.193. The molecule has 4 N–H and O–H groups in total. The van der Waals surface area contributed by atoms with Crippen LogP contribution in [-0.4, -0.2) is 47.0 Å². The summed E-state index contributed by atoms with van der Waals surface area (Å²) in [4.78, 5) is 21.9. The number of aromatic nitrogens is 2. The summed E-state index contributed by atoms with van der Waals surface area (Å²) in [5.74, 6) is 5.40. The molecule has 1 fully saturated rings. The van der Waals surface area contributed by atoms with E-state index in [4.69, 9.17) is 5.84 Å². The van der Waals surface area contributed by atoms with E-state index in [2.05, 4.69) is 25.6 Å². The van der Waals surface area contributed by atoms with Gasteiger partial charge in [0.1, 0.15) is 5.69 Å². The van der Waals surface area contributed by atoms with Gasteiger partial charge in [0.05, 0.1) is 12.4 Å². The maximum atomic E-state index is 11.8. The molecule has 1 aromatic rings. The van der Waals surface area contributed by atoms with E-state index >= 15 is 0 Å². The fourth-order valence-corrected chi connectivity index (χ4v) is 1.83. The summed E-state index contributed by atoms with van der Waals surface area (Å²) in [6, 6.07) is 0.196. The van der Waals surface area contributed by atoms with E-state index in [1.165, 1.54) is 12.4 Å². The predicted molar refractivity (Wildman–Crippen MR) is 63.2 cm³/mol. The number of nitrogens with one attached hydrogen (secondary N) is 2. The number of carbonyl (C=O) groups is 1. The number of hydrogen-bond acceptors (Lipinski definition) is 6. The molecule has 17 heavy (non-hydrogen) atoms. The summed E-state index contributed by atoms with van der Waals surface area (Å²) in [5.41, 5.74) is 2.66. The largest absolute Gasteiger partial charge is 0.347 e.